The summed E-state index contributed by atoms with van der Waals surface area (Å²) in [5, 5.41) is 18.5. The molecule has 1 fully saturated rings. The molecule has 0 bridgehead atoms. The maximum absolute atomic E-state index is 9.45. The summed E-state index contributed by atoms with van der Waals surface area (Å²) in [5.41, 5.74) is 1.93. The molecule has 1 aromatic heterocycles. The van der Waals surface area contributed by atoms with Crippen LogP contribution in [0.25, 0.3) is 0 Å². The van der Waals surface area contributed by atoms with Crippen LogP contribution in [0.5, 0.6) is 0 Å². The monoisotopic (exact) mass is 222 g/mol. The van der Waals surface area contributed by atoms with Crippen molar-refractivity contribution in [3.8, 4) is 0 Å². The summed E-state index contributed by atoms with van der Waals surface area (Å²) in [6, 6.07) is 1.97. The summed E-state index contributed by atoms with van der Waals surface area (Å²) >= 11 is 0. The molecular formula is C12H18N2O2. The predicted octanol–water partition coefficient (Wildman–Crippen LogP) is 0.843. The minimum atomic E-state index is -0.159. The number of piperidine rings is 1. The van der Waals surface area contributed by atoms with E-state index in [1.165, 1.54) is 0 Å². The summed E-state index contributed by atoms with van der Waals surface area (Å²) in [6.07, 6.45) is 3.17. The lowest BCUT2D eigenvalue weighted by molar-refractivity contribution is 0.145. The van der Waals surface area contributed by atoms with Crippen molar-refractivity contribution in [3.63, 3.8) is 0 Å². The lowest BCUT2D eigenvalue weighted by Crippen LogP contribution is -2.36. The summed E-state index contributed by atoms with van der Waals surface area (Å²) in [7, 11) is 0. The van der Waals surface area contributed by atoms with E-state index in [0.29, 0.717) is 0 Å². The summed E-state index contributed by atoms with van der Waals surface area (Å²) < 4.78 is 0. The lowest BCUT2D eigenvalue weighted by Gasteiger charge is -2.31. The number of aryl methyl sites for hydroxylation is 1. The van der Waals surface area contributed by atoms with Crippen LogP contribution in [0.2, 0.25) is 0 Å². The zero-order valence-corrected chi connectivity index (χ0v) is 9.56. The molecule has 1 aliphatic rings. The fourth-order valence-electron chi connectivity index (χ4n) is 2.12. The number of pyridine rings is 1. The number of aliphatic hydroxyl groups excluding tert-OH is 2. The van der Waals surface area contributed by atoms with Crippen LogP contribution in [0.15, 0.2) is 12.3 Å². The molecule has 0 aromatic carbocycles. The second-order valence-corrected chi connectivity index (χ2v) is 4.36. The molecule has 1 aliphatic heterocycles. The largest absolute Gasteiger partial charge is 0.393 e. The molecule has 0 radical (unpaired) electrons. The number of rotatable bonds is 2. The second kappa shape index (κ2) is 4.80. The smallest absolute Gasteiger partial charge is 0.131 e. The van der Waals surface area contributed by atoms with Crippen molar-refractivity contribution in [2.24, 2.45) is 0 Å². The van der Waals surface area contributed by atoms with Gasteiger partial charge in [0.25, 0.3) is 0 Å². The van der Waals surface area contributed by atoms with Gasteiger partial charge in [0.2, 0.25) is 0 Å². The van der Waals surface area contributed by atoms with Crippen LogP contribution in [0.4, 0.5) is 5.82 Å². The van der Waals surface area contributed by atoms with E-state index < -0.39 is 0 Å². The second-order valence-electron chi connectivity index (χ2n) is 4.36. The third-order valence-corrected chi connectivity index (χ3v) is 3.05. The van der Waals surface area contributed by atoms with Gasteiger partial charge in [0.15, 0.2) is 0 Å². The minimum Gasteiger partial charge on any atom is -0.393 e. The van der Waals surface area contributed by atoms with Gasteiger partial charge in [-0.25, -0.2) is 4.98 Å². The van der Waals surface area contributed by atoms with Crippen LogP contribution in [0.3, 0.4) is 0 Å². The van der Waals surface area contributed by atoms with Crippen molar-refractivity contribution in [1.29, 1.82) is 0 Å². The van der Waals surface area contributed by atoms with E-state index in [4.69, 9.17) is 5.11 Å². The van der Waals surface area contributed by atoms with Gasteiger partial charge in [-0.05, 0) is 37.0 Å². The van der Waals surface area contributed by atoms with Crippen molar-refractivity contribution in [2.45, 2.75) is 32.5 Å². The van der Waals surface area contributed by atoms with E-state index >= 15 is 0 Å². The van der Waals surface area contributed by atoms with Crippen molar-refractivity contribution in [1.82, 2.24) is 4.98 Å². The molecule has 0 atom stereocenters. The van der Waals surface area contributed by atoms with Crippen molar-refractivity contribution >= 4 is 5.82 Å². The molecule has 4 heteroatoms. The number of aliphatic hydroxyl groups is 2. The number of anilines is 1. The van der Waals surface area contributed by atoms with Gasteiger partial charge in [0.1, 0.15) is 5.82 Å². The Morgan fingerprint density at radius 3 is 2.69 bits per heavy atom. The Hall–Kier alpha value is -1.13. The molecule has 0 saturated carbocycles. The third kappa shape index (κ3) is 2.33. The molecule has 2 N–H and O–H groups in total. The zero-order chi connectivity index (χ0) is 11.5. The highest BCUT2D eigenvalue weighted by Gasteiger charge is 2.19. The van der Waals surface area contributed by atoms with E-state index in [-0.39, 0.29) is 12.7 Å². The van der Waals surface area contributed by atoms with Gasteiger partial charge >= 0.3 is 0 Å². The number of nitrogens with zero attached hydrogens (tertiary/aromatic N) is 2. The van der Waals surface area contributed by atoms with Crippen LogP contribution in [-0.2, 0) is 6.61 Å². The number of hydrogen-bond acceptors (Lipinski definition) is 4. The van der Waals surface area contributed by atoms with Crippen molar-refractivity contribution in [3.05, 3.63) is 23.4 Å². The lowest BCUT2D eigenvalue weighted by atomic mass is 10.1. The van der Waals surface area contributed by atoms with Crippen LogP contribution in [0.1, 0.15) is 24.0 Å². The average molecular weight is 222 g/mol. The van der Waals surface area contributed by atoms with E-state index in [0.717, 1.165) is 42.9 Å². The first-order valence-corrected chi connectivity index (χ1v) is 5.70. The quantitative estimate of drug-likeness (QED) is 0.778. The summed E-state index contributed by atoms with van der Waals surface area (Å²) in [4.78, 5) is 6.58. The van der Waals surface area contributed by atoms with Crippen molar-refractivity contribution < 1.29 is 10.2 Å². The molecule has 0 spiro atoms. The standard InChI is InChI=1S/C12H18N2O2/c1-9-6-10(8-15)7-13-12(9)14-4-2-11(16)3-5-14/h6-7,11,15-16H,2-5,8H2,1H3. The fourth-order valence-corrected chi connectivity index (χ4v) is 2.12. The van der Waals surface area contributed by atoms with Gasteiger partial charge in [-0.1, -0.05) is 0 Å². The topological polar surface area (TPSA) is 56.6 Å². The first-order valence-electron chi connectivity index (χ1n) is 5.70. The molecule has 0 aliphatic carbocycles. The Morgan fingerprint density at radius 1 is 1.44 bits per heavy atom. The maximum Gasteiger partial charge on any atom is 0.131 e. The van der Waals surface area contributed by atoms with E-state index in [1.54, 1.807) is 6.20 Å². The molecule has 0 unspecified atom stereocenters. The Kier molecular flexibility index (Phi) is 3.41. The highest BCUT2D eigenvalue weighted by Crippen LogP contribution is 2.22. The first-order chi connectivity index (χ1) is 7.70. The highest BCUT2D eigenvalue weighted by molar-refractivity contribution is 5.47. The normalized spacial score (nSPS) is 17.8. The maximum atomic E-state index is 9.45. The molecule has 2 rings (SSSR count). The van der Waals surface area contributed by atoms with Gasteiger partial charge in [-0.15, -0.1) is 0 Å². The third-order valence-electron chi connectivity index (χ3n) is 3.05. The Morgan fingerprint density at radius 2 is 2.12 bits per heavy atom. The van der Waals surface area contributed by atoms with Gasteiger partial charge in [-0.3, -0.25) is 0 Å². The van der Waals surface area contributed by atoms with Gasteiger partial charge < -0.3 is 15.1 Å². The number of hydrogen-bond donors (Lipinski definition) is 2. The molecule has 88 valence electrons. The van der Waals surface area contributed by atoms with Gasteiger partial charge in [0, 0.05) is 19.3 Å². The van der Waals surface area contributed by atoms with Crippen LogP contribution < -0.4 is 4.90 Å². The molecule has 16 heavy (non-hydrogen) atoms. The molecular weight excluding hydrogens is 204 g/mol. The zero-order valence-electron chi connectivity index (χ0n) is 9.56. The Bertz CT molecular complexity index is 360. The van der Waals surface area contributed by atoms with E-state index in [1.807, 2.05) is 13.0 Å². The highest BCUT2D eigenvalue weighted by atomic mass is 16.3. The van der Waals surface area contributed by atoms with Gasteiger partial charge in [-0.2, -0.15) is 0 Å². The van der Waals surface area contributed by atoms with Crippen LogP contribution >= 0.6 is 0 Å². The van der Waals surface area contributed by atoms with Gasteiger partial charge in [0.05, 0.1) is 12.7 Å². The average Bonchev–Trinajstić information content (AvgIpc) is 2.30. The SMILES string of the molecule is Cc1cc(CO)cnc1N1CCC(O)CC1. The summed E-state index contributed by atoms with van der Waals surface area (Å²) in [6.45, 7) is 3.75. The fraction of sp³-hybridized carbons (Fsp3) is 0.583. The van der Waals surface area contributed by atoms with Crippen LogP contribution in [0, 0.1) is 6.92 Å². The minimum absolute atomic E-state index is 0.0346. The van der Waals surface area contributed by atoms with Crippen molar-refractivity contribution in [2.75, 3.05) is 18.0 Å². The number of aromatic nitrogens is 1. The molecule has 0 amide bonds. The summed E-state index contributed by atoms with van der Waals surface area (Å²) in [5.74, 6) is 0.976. The Balaban J connectivity index is 2.14. The molecule has 2 heterocycles. The van der Waals surface area contributed by atoms with E-state index in [9.17, 15) is 5.11 Å². The molecule has 1 saturated heterocycles. The Labute approximate surface area is 95.5 Å². The first kappa shape index (κ1) is 11.4. The predicted molar refractivity (Wildman–Crippen MR) is 62.4 cm³/mol. The molecule has 4 nitrogen and oxygen atoms in total. The van der Waals surface area contributed by atoms with E-state index in [2.05, 4.69) is 9.88 Å². The van der Waals surface area contributed by atoms with Crippen LogP contribution in [-0.4, -0.2) is 34.4 Å². The molecule has 1 aromatic rings.